The summed E-state index contributed by atoms with van der Waals surface area (Å²) in [6.07, 6.45) is 1.28. The first-order chi connectivity index (χ1) is 10.6. The van der Waals surface area contributed by atoms with Crippen molar-refractivity contribution in [2.24, 2.45) is 0 Å². The van der Waals surface area contributed by atoms with Crippen molar-refractivity contribution in [3.63, 3.8) is 0 Å². The summed E-state index contributed by atoms with van der Waals surface area (Å²) in [5, 5.41) is 9.17. The van der Waals surface area contributed by atoms with E-state index in [1.165, 1.54) is 12.1 Å². The molecule has 1 aliphatic carbocycles. The molecule has 0 aromatic heterocycles. The van der Waals surface area contributed by atoms with Gasteiger partial charge in [-0.3, -0.25) is 4.79 Å². The number of carboxylic acid groups (broad SMARTS) is 1. The summed E-state index contributed by atoms with van der Waals surface area (Å²) in [5.41, 5.74) is 3.96. The van der Waals surface area contributed by atoms with Crippen LogP contribution in [0, 0.1) is 5.82 Å². The minimum Gasteiger partial charge on any atom is -0.497 e. The Kier molecular flexibility index (Phi) is 3.84. The zero-order valence-electron chi connectivity index (χ0n) is 12.3. The highest BCUT2D eigenvalue weighted by molar-refractivity contribution is 5.68. The molecule has 0 saturated carbocycles. The molecule has 2 aromatic rings. The minimum atomic E-state index is -0.836. The van der Waals surface area contributed by atoms with Crippen LogP contribution in [-0.4, -0.2) is 18.2 Å². The van der Waals surface area contributed by atoms with Crippen molar-refractivity contribution in [2.45, 2.75) is 25.2 Å². The maximum Gasteiger partial charge on any atom is 0.303 e. The Labute approximate surface area is 128 Å². The van der Waals surface area contributed by atoms with Crippen LogP contribution < -0.4 is 4.74 Å². The zero-order valence-corrected chi connectivity index (χ0v) is 12.3. The number of methoxy groups -OCH3 is 1. The lowest BCUT2D eigenvalue weighted by Gasteiger charge is -2.16. The van der Waals surface area contributed by atoms with Gasteiger partial charge in [0.2, 0.25) is 0 Å². The van der Waals surface area contributed by atoms with E-state index in [2.05, 4.69) is 0 Å². The van der Waals surface area contributed by atoms with Crippen LogP contribution in [0.1, 0.15) is 34.6 Å². The molecule has 1 atom stereocenters. The van der Waals surface area contributed by atoms with Crippen LogP contribution >= 0.6 is 0 Å². The molecule has 3 nitrogen and oxygen atoms in total. The van der Waals surface area contributed by atoms with Crippen LogP contribution in [0.25, 0.3) is 0 Å². The Bertz CT molecular complexity index is 724. The molecule has 0 heterocycles. The van der Waals surface area contributed by atoms with E-state index in [4.69, 9.17) is 4.74 Å². The van der Waals surface area contributed by atoms with Gasteiger partial charge in [-0.05, 0) is 65.3 Å². The molecule has 0 amide bonds. The predicted molar refractivity (Wildman–Crippen MR) is 80.9 cm³/mol. The lowest BCUT2D eigenvalue weighted by Crippen LogP contribution is -2.09. The normalized spacial score (nSPS) is 16.4. The molecular weight excluding hydrogens is 283 g/mol. The number of carboxylic acids is 1. The third-order valence-corrected chi connectivity index (χ3v) is 4.23. The first-order valence-corrected chi connectivity index (χ1v) is 7.22. The molecule has 0 radical (unpaired) electrons. The second-order valence-corrected chi connectivity index (χ2v) is 5.65. The van der Waals surface area contributed by atoms with Gasteiger partial charge in [0, 0.05) is 0 Å². The Morgan fingerprint density at radius 1 is 1.23 bits per heavy atom. The quantitative estimate of drug-likeness (QED) is 0.943. The first kappa shape index (κ1) is 14.6. The fraction of sp³-hybridized carbons (Fsp3) is 0.278. The van der Waals surface area contributed by atoms with E-state index in [0.29, 0.717) is 12.8 Å². The smallest absolute Gasteiger partial charge is 0.303 e. The largest absolute Gasteiger partial charge is 0.497 e. The van der Waals surface area contributed by atoms with Crippen molar-refractivity contribution in [2.75, 3.05) is 7.11 Å². The maximum absolute atomic E-state index is 13.6. The van der Waals surface area contributed by atoms with E-state index >= 15 is 0 Å². The lowest BCUT2D eigenvalue weighted by molar-refractivity contribution is -0.137. The number of aliphatic carboxylic acids is 1. The summed E-state index contributed by atoms with van der Waals surface area (Å²) in [5.74, 6) is -0.507. The summed E-state index contributed by atoms with van der Waals surface area (Å²) in [6.45, 7) is 0. The van der Waals surface area contributed by atoms with Crippen LogP contribution in [-0.2, 0) is 17.6 Å². The number of hydrogen-bond donors (Lipinski definition) is 1. The molecule has 0 bridgehead atoms. The highest BCUT2D eigenvalue weighted by atomic mass is 19.1. The number of fused-ring (bicyclic) bond motifs is 2. The maximum atomic E-state index is 13.6. The third kappa shape index (κ3) is 2.82. The highest BCUT2D eigenvalue weighted by Crippen LogP contribution is 2.35. The van der Waals surface area contributed by atoms with E-state index in [9.17, 15) is 14.3 Å². The molecule has 1 unspecified atom stereocenters. The standard InChI is InChI=1S/C18H17FO3/c1-22-16-4-2-11-6-14(10-18(20)21)17-5-3-15(19)8-13(17)7-12(11)9-16/h2-5,8-9,14H,6-7,10H2,1H3,(H,20,21). The van der Waals surface area contributed by atoms with Crippen molar-refractivity contribution in [1.29, 1.82) is 0 Å². The number of benzene rings is 2. The van der Waals surface area contributed by atoms with Crippen molar-refractivity contribution < 1.29 is 19.0 Å². The summed E-state index contributed by atoms with van der Waals surface area (Å²) in [4.78, 5) is 11.2. The van der Waals surface area contributed by atoms with Gasteiger partial charge in [-0.15, -0.1) is 0 Å². The van der Waals surface area contributed by atoms with Gasteiger partial charge in [0.1, 0.15) is 11.6 Å². The van der Waals surface area contributed by atoms with Gasteiger partial charge in [0.05, 0.1) is 13.5 Å². The summed E-state index contributed by atoms with van der Waals surface area (Å²) >= 11 is 0. The van der Waals surface area contributed by atoms with Gasteiger partial charge in [-0.1, -0.05) is 12.1 Å². The molecule has 3 rings (SSSR count). The van der Waals surface area contributed by atoms with Crippen LogP contribution in [0.5, 0.6) is 5.75 Å². The number of rotatable bonds is 3. The Morgan fingerprint density at radius 2 is 2.05 bits per heavy atom. The summed E-state index contributed by atoms with van der Waals surface area (Å²) in [7, 11) is 1.61. The average Bonchev–Trinajstić information content (AvgIpc) is 2.61. The lowest BCUT2D eigenvalue weighted by atomic mass is 9.89. The van der Waals surface area contributed by atoms with E-state index in [1.807, 2.05) is 18.2 Å². The molecule has 0 spiro atoms. The molecule has 4 heteroatoms. The van der Waals surface area contributed by atoms with Gasteiger partial charge in [0.25, 0.3) is 0 Å². The van der Waals surface area contributed by atoms with Crippen molar-refractivity contribution >= 4 is 5.97 Å². The van der Waals surface area contributed by atoms with Crippen molar-refractivity contribution in [3.8, 4) is 5.75 Å². The summed E-state index contributed by atoms with van der Waals surface area (Å²) < 4.78 is 18.9. The highest BCUT2D eigenvalue weighted by Gasteiger charge is 2.24. The molecule has 22 heavy (non-hydrogen) atoms. The molecule has 114 valence electrons. The molecular formula is C18H17FO3. The fourth-order valence-electron chi connectivity index (χ4n) is 3.19. The van der Waals surface area contributed by atoms with Gasteiger partial charge in [-0.25, -0.2) is 4.39 Å². The molecule has 1 N–H and O–H groups in total. The Balaban J connectivity index is 2.10. The first-order valence-electron chi connectivity index (χ1n) is 7.22. The Hall–Kier alpha value is -2.36. The van der Waals surface area contributed by atoms with E-state index < -0.39 is 5.97 Å². The van der Waals surface area contributed by atoms with Gasteiger partial charge >= 0.3 is 5.97 Å². The van der Waals surface area contributed by atoms with Crippen LogP contribution in [0.3, 0.4) is 0 Å². The van der Waals surface area contributed by atoms with E-state index in [0.717, 1.165) is 28.0 Å². The predicted octanol–water partition coefficient (Wildman–Crippen LogP) is 3.54. The van der Waals surface area contributed by atoms with E-state index in [1.54, 1.807) is 13.2 Å². The molecule has 1 aliphatic rings. The van der Waals surface area contributed by atoms with Crippen molar-refractivity contribution in [3.05, 3.63) is 64.5 Å². The topological polar surface area (TPSA) is 46.5 Å². The monoisotopic (exact) mass is 300 g/mol. The van der Waals surface area contributed by atoms with Crippen LogP contribution in [0.4, 0.5) is 4.39 Å². The number of halogens is 1. The van der Waals surface area contributed by atoms with Gasteiger partial charge < -0.3 is 9.84 Å². The second kappa shape index (κ2) is 5.79. The minimum absolute atomic E-state index is 0.0457. The summed E-state index contributed by atoms with van der Waals surface area (Å²) in [6, 6.07) is 10.5. The number of hydrogen-bond acceptors (Lipinski definition) is 2. The van der Waals surface area contributed by atoms with Gasteiger partial charge in [-0.2, -0.15) is 0 Å². The Morgan fingerprint density at radius 3 is 2.77 bits per heavy atom. The third-order valence-electron chi connectivity index (χ3n) is 4.23. The molecule has 0 aliphatic heterocycles. The number of carbonyl (C=O) groups is 1. The SMILES string of the molecule is COc1ccc2c(c1)Cc1cc(F)ccc1C(CC(=O)O)C2. The molecule has 0 fully saturated rings. The second-order valence-electron chi connectivity index (χ2n) is 5.65. The number of ether oxygens (including phenoxy) is 1. The zero-order chi connectivity index (χ0) is 15.7. The average molecular weight is 300 g/mol. The van der Waals surface area contributed by atoms with E-state index in [-0.39, 0.29) is 18.2 Å². The van der Waals surface area contributed by atoms with Crippen LogP contribution in [0.2, 0.25) is 0 Å². The fourth-order valence-corrected chi connectivity index (χ4v) is 3.19. The van der Waals surface area contributed by atoms with Crippen molar-refractivity contribution in [1.82, 2.24) is 0 Å². The molecule has 2 aromatic carbocycles. The van der Waals surface area contributed by atoms with Gasteiger partial charge in [0.15, 0.2) is 0 Å². The molecule has 0 saturated heterocycles. The van der Waals surface area contributed by atoms with Crippen LogP contribution in [0.15, 0.2) is 36.4 Å².